The second-order valence-corrected chi connectivity index (χ2v) is 8.17. The van der Waals surface area contributed by atoms with E-state index in [9.17, 15) is 8.42 Å². The molecule has 1 N–H and O–H groups in total. The van der Waals surface area contributed by atoms with Gasteiger partial charge in [0.1, 0.15) is 10.7 Å². The zero-order chi connectivity index (χ0) is 19.4. The molecule has 0 amide bonds. The summed E-state index contributed by atoms with van der Waals surface area (Å²) in [4.78, 5) is 4.45. The maximum absolute atomic E-state index is 13.0. The first-order valence-corrected chi connectivity index (χ1v) is 10.2. The van der Waals surface area contributed by atoms with E-state index >= 15 is 0 Å². The second-order valence-electron chi connectivity index (χ2n) is 6.31. The molecule has 0 saturated carbocycles. The lowest BCUT2D eigenvalue weighted by Gasteiger charge is -2.22. The number of anilines is 3. The molecule has 140 valence electrons. The number of benzene rings is 2. The Labute approximate surface area is 160 Å². The first-order chi connectivity index (χ1) is 12.9. The Hall–Kier alpha value is -2.86. The average molecular weight is 382 g/mol. The molecule has 2 aromatic carbocycles. The SMILES string of the molecule is CCN(c1ccccc1)S(=O)(=O)c1ccc(Nc2ccc(C)c(C)c2)nc1. The number of hydrogen-bond donors (Lipinski definition) is 1. The van der Waals surface area contributed by atoms with Crippen LogP contribution in [0.1, 0.15) is 18.1 Å². The summed E-state index contributed by atoms with van der Waals surface area (Å²) in [5.41, 5.74) is 3.95. The number of aromatic nitrogens is 1. The Balaban J connectivity index is 1.84. The molecule has 0 bridgehead atoms. The van der Waals surface area contributed by atoms with Crippen LogP contribution in [0.2, 0.25) is 0 Å². The van der Waals surface area contributed by atoms with Crippen LogP contribution in [-0.4, -0.2) is 19.9 Å². The monoisotopic (exact) mass is 381 g/mol. The smallest absolute Gasteiger partial charge is 0.265 e. The van der Waals surface area contributed by atoms with E-state index in [0.717, 1.165) is 5.69 Å². The van der Waals surface area contributed by atoms with Crippen molar-refractivity contribution >= 4 is 27.2 Å². The summed E-state index contributed by atoms with van der Waals surface area (Å²) < 4.78 is 27.3. The van der Waals surface area contributed by atoms with Gasteiger partial charge in [0.05, 0.1) is 5.69 Å². The number of para-hydroxylation sites is 1. The van der Waals surface area contributed by atoms with Crippen molar-refractivity contribution < 1.29 is 8.42 Å². The van der Waals surface area contributed by atoms with Gasteiger partial charge in [-0.25, -0.2) is 13.4 Å². The molecule has 0 unspecified atom stereocenters. The fourth-order valence-electron chi connectivity index (χ4n) is 2.79. The fraction of sp³-hybridized carbons (Fsp3) is 0.190. The normalized spacial score (nSPS) is 11.2. The Kier molecular flexibility index (Phi) is 5.46. The largest absolute Gasteiger partial charge is 0.340 e. The molecule has 27 heavy (non-hydrogen) atoms. The van der Waals surface area contributed by atoms with Gasteiger partial charge in [-0.2, -0.15) is 0 Å². The molecule has 3 rings (SSSR count). The molecule has 0 fully saturated rings. The molecule has 0 aliphatic carbocycles. The van der Waals surface area contributed by atoms with Gasteiger partial charge in [0.15, 0.2) is 0 Å². The van der Waals surface area contributed by atoms with Gasteiger partial charge >= 0.3 is 0 Å². The lowest BCUT2D eigenvalue weighted by molar-refractivity contribution is 0.591. The third-order valence-corrected chi connectivity index (χ3v) is 6.32. The van der Waals surface area contributed by atoms with Gasteiger partial charge in [0, 0.05) is 18.4 Å². The van der Waals surface area contributed by atoms with Gasteiger partial charge in [0.25, 0.3) is 10.0 Å². The molecular weight excluding hydrogens is 358 g/mol. The minimum atomic E-state index is -3.66. The number of rotatable bonds is 6. The summed E-state index contributed by atoms with van der Waals surface area (Å²) in [6, 6.07) is 18.4. The van der Waals surface area contributed by atoms with Crippen LogP contribution in [0.25, 0.3) is 0 Å². The average Bonchev–Trinajstić information content (AvgIpc) is 2.66. The number of aryl methyl sites for hydroxylation is 2. The quantitative estimate of drug-likeness (QED) is 0.675. The van der Waals surface area contributed by atoms with Crippen LogP contribution in [0.4, 0.5) is 17.2 Å². The highest BCUT2D eigenvalue weighted by Crippen LogP contribution is 2.24. The first-order valence-electron chi connectivity index (χ1n) is 8.80. The van der Waals surface area contributed by atoms with Gasteiger partial charge in [-0.15, -0.1) is 0 Å². The van der Waals surface area contributed by atoms with Crippen molar-refractivity contribution in [1.29, 1.82) is 0 Å². The van der Waals surface area contributed by atoms with Crippen molar-refractivity contribution in [2.75, 3.05) is 16.2 Å². The topological polar surface area (TPSA) is 62.3 Å². The van der Waals surface area contributed by atoms with E-state index in [1.165, 1.54) is 21.6 Å². The zero-order valence-electron chi connectivity index (χ0n) is 15.7. The van der Waals surface area contributed by atoms with Crippen molar-refractivity contribution in [3.63, 3.8) is 0 Å². The van der Waals surface area contributed by atoms with Crippen LogP contribution < -0.4 is 9.62 Å². The molecule has 6 heteroatoms. The number of sulfonamides is 1. The van der Waals surface area contributed by atoms with E-state index in [1.807, 2.05) is 50.2 Å². The van der Waals surface area contributed by atoms with E-state index in [1.54, 1.807) is 24.3 Å². The lowest BCUT2D eigenvalue weighted by atomic mass is 10.1. The van der Waals surface area contributed by atoms with Crippen LogP contribution in [0.5, 0.6) is 0 Å². The molecule has 0 radical (unpaired) electrons. The Bertz CT molecular complexity index is 1020. The molecule has 3 aromatic rings. The summed E-state index contributed by atoms with van der Waals surface area (Å²) in [6.45, 7) is 6.26. The van der Waals surface area contributed by atoms with E-state index in [4.69, 9.17) is 0 Å². The molecule has 0 saturated heterocycles. The van der Waals surface area contributed by atoms with Crippen LogP contribution in [-0.2, 0) is 10.0 Å². The molecule has 1 aromatic heterocycles. The standard InChI is InChI=1S/C21H23N3O2S/c1-4-24(19-8-6-5-7-9-19)27(25,26)20-12-13-21(22-15-20)23-18-11-10-16(2)17(3)14-18/h5-15H,4H2,1-3H3,(H,22,23). The molecular formula is C21H23N3O2S. The zero-order valence-corrected chi connectivity index (χ0v) is 16.5. The maximum Gasteiger partial charge on any atom is 0.265 e. The predicted octanol–water partition coefficient (Wildman–Crippen LogP) is 4.66. The summed E-state index contributed by atoms with van der Waals surface area (Å²) in [5.74, 6) is 0.597. The van der Waals surface area contributed by atoms with E-state index in [-0.39, 0.29) is 4.90 Å². The molecule has 0 atom stereocenters. The third-order valence-electron chi connectivity index (χ3n) is 4.44. The van der Waals surface area contributed by atoms with Gasteiger partial charge in [-0.1, -0.05) is 24.3 Å². The molecule has 1 heterocycles. The van der Waals surface area contributed by atoms with Crippen molar-refractivity contribution in [2.24, 2.45) is 0 Å². The van der Waals surface area contributed by atoms with Gasteiger partial charge in [0.2, 0.25) is 0 Å². The van der Waals surface area contributed by atoms with E-state index < -0.39 is 10.0 Å². The third kappa shape index (κ3) is 4.11. The van der Waals surface area contributed by atoms with Gasteiger partial charge in [-0.3, -0.25) is 4.31 Å². The highest BCUT2D eigenvalue weighted by atomic mass is 32.2. The number of hydrogen-bond acceptors (Lipinski definition) is 4. The molecule has 5 nitrogen and oxygen atoms in total. The maximum atomic E-state index is 13.0. The molecule has 0 aliphatic heterocycles. The first kappa shape index (κ1) is 18.9. The predicted molar refractivity (Wildman–Crippen MR) is 110 cm³/mol. The number of nitrogens with one attached hydrogen (secondary N) is 1. The number of pyridine rings is 1. The Morgan fingerprint density at radius 2 is 1.70 bits per heavy atom. The van der Waals surface area contributed by atoms with Crippen LogP contribution in [0.15, 0.2) is 71.8 Å². The highest BCUT2D eigenvalue weighted by molar-refractivity contribution is 7.92. The summed E-state index contributed by atoms with van der Waals surface area (Å²) in [7, 11) is -3.66. The Morgan fingerprint density at radius 1 is 0.963 bits per heavy atom. The minimum Gasteiger partial charge on any atom is -0.340 e. The molecule has 0 aliphatic rings. The fourth-order valence-corrected chi connectivity index (χ4v) is 4.21. The minimum absolute atomic E-state index is 0.166. The van der Waals surface area contributed by atoms with Gasteiger partial charge < -0.3 is 5.32 Å². The van der Waals surface area contributed by atoms with Crippen molar-refractivity contribution in [3.8, 4) is 0 Å². The van der Waals surface area contributed by atoms with Crippen LogP contribution >= 0.6 is 0 Å². The highest BCUT2D eigenvalue weighted by Gasteiger charge is 2.23. The molecule has 0 spiro atoms. The van der Waals surface area contributed by atoms with Crippen molar-refractivity contribution in [1.82, 2.24) is 4.98 Å². The summed E-state index contributed by atoms with van der Waals surface area (Å²) in [5, 5.41) is 3.21. The van der Waals surface area contributed by atoms with Crippen LogP contribution in [0.3, 0.4) is 0 Å². The van der Waals surface area contributed by atoms with E-state index in [0.29, 0.717) is 18.1 Å². The van der Waals surface area contributed by atoms with Crippen molar-refractivity contribution in [2.45, 2.75) is 25.7 Å². The van der Waals surface area contributed by atoms with Gasteiger partial charge in [-0.05, 0) is 68.3 Å². The lowest BCUT2D eigenvalue weighted by Crippen LogP contribution is -2.30. The summed E-state index contributed by atoms with van der Waals surface area (Å²) >= 11 is 0. The second kappa shape index (κ2) is 7.80. The van der Waals surface area contributed by atoms with E-state index in [2.05, 4.69) is 17.2 Å². The van der Waals surface area contributed by atoms with Crippen molar-refractivity contribution in [3.05, 3.63) is 78.0 Å². The number of nitrogens with zero attached hydrogens (tertiary/aromatic N) is 2. The van der Waals surface area contributed by atoms with Crippen LogP contribution in [0, 0.1) is 13.8 Å². The Morgan fingerprint density at radius 3 is 2.30 bits per heavy atom. The summed E-state index contributed by atoms with van der Waals surface area (Å²) in [6.07, 6.45) is 1.39.